The number of hydrogen-bond donors (Lipinski definition) is 1. The van der Waals surface area contributed by atoms with Gasteiger partial charge in [0.1, 0.15) is 0 Å². The van der Waals surface area contributed by atoms with E-state index in [1.807, 2.05) is 13.0 Å². The van der Waals surface area contributed by atoms with Crippen LogP contribution in [0.4, 0.5) is 0 Å². The molecule has 0 spiro atoms. The Balaban J connectivity index is 1.58. The second-order valence-corrected chi connectivity index (χ2v) is 9.46. The van der Waals surface area contributed by atoms with Crippen LogP contribution in [0.3, 0.4) is 0 Å². The van der Waals surface area contributed by atoms with E-state index in [2.05, 4.69) is 44.0 Å². The molecule has 2 aromatic rings. The number of likely N-dealkylation sites (tertiary alicyclic amines) is 1. The number of fused-ring (bicyclic) bond motifs is 1. The molecule has 26 heavy (non-hydrogen) atoms. The van der Waals surface area contributed by atoms with Crippen molar-refractivity contribution in [2.24, 2.45) is 5.92 Å². The Labute approximate surface area is 153 Å². The third-order valence-electron chi connectivity index (χ3n) is 5.53. The lowest BCUT2D eigenvalue weighted by molar-refractivity contribution is 0.241. The molecule has 2 fully saturated rings. The molecule has 3 atom stereocenters. The number of benzene rings is 1. The van der Waals surface area contributed by atoms with Gasteiger partial charge < -0.3 is 4.52 Å². The van der Waals surface area contributed by atoms with E-state index < -0.39 is 10.0 Å². The van der Waals surface area contributed by atoms with Gasteiger partial charge in [-0.25, -0.2) is 13.1 Å². The standard InChI is InChI=1S/C18H24N4O3S/c1-13-19-17(25-20-13)18-9-16(21-26(2,23)24)8-15(18)11-22(12-18)10-14-6-4-3-5-7-14/h3-7,15-16,21H,8-12H2,1-2H3. The van der Waals surface area contributed by atoms with Crippen LogP contribution in [0.25, 0.3) is 0 Å². The van der Waals surface area contributed by atoms with Crippen LogP contribution in [0.1, 0.15) is 30.1 Å². The lowest BCUT2D eigenvalue weighted by Crippen LogP contribution is -2.37. The van der Waals surface area contributed by atoms with Gasteiger partial charge in [0.2, 0.25) is 15.9 Å². The lowest BCUT2D eigenvalue weighted by Gasteiger charge is -2.25. The summed E-state index contributed by atoms with van der Waals surface area (Å²) in [5.74, 6) is 1.56. The lowest BCUT2D eigenvalue weighted by atomic mass is 9.80. The van der Waals surface area contributed by atoms with E-state index in [9.17, 15) is 8.42 Å². The van der Waals surface area contributed by atoms with Gasteiger partial charge in [-0.15, -0.1) is 0 Å². The molecule has 7 nitrogen and oxygen atoms in total. The van der Waals surface area contributed by atoms with Crippen LogP contribution < -0.4 is 4.72 Å². The third-order valence-corrected chi connectivity index (χ3v) is 6.29. The highest BCUT2D eigenvalue weighted by Gasteiger charge is 2.57. The van der Waals surface area contributed by atoms with Gasteiger partial charge >= 0.3 is 0 Å². The van der Waals surface area contributed by atoms with E-state index in [0.717, 1.165) is 26.1 Å². The first-order valence-corrected chi connectivity index (χ1v) is 10.8. The Hall–Kier alpha value is -1.77. The highest BCUT2D eigenvalue weighted by molar-refractivity contribution is 7.88. The molecular formula is C18H24N4O3S. The van der Waals surface area contributed by atoms with E-state index in [-0.39, 0.29) is 11.5 Å². The summed E-state index contributed by atoms with van der Waals surface area (Å²) in [7, 11) is -3.23. The molecule has 1 saturated heterocycles. The number of aryl methyl sites for hydroxylation is 1. The molecule has 8 heteroatoms. The van der Waals surface area contributed by atoms with Gasteiger partial charge in [0, 0.05) is 25.7 Å². The van der Waals surface area contributed by atoms with Crippen LogP contribution in [-0.4, -0.2) is 48.8 Å². The van der Waals surface area contributed by atoms with Crippen molar-refractivity contribution in [3.63, 3.8) is 0 Å². The fourth-order valence-corrected chi connectivity index (χ4v) is 5.45. The zero-order valence-electron chi connectivity index (χ0n) is 15.1. The Morgan fingerprint density at radius 2 is 2.12 bits per heavy atom. The van der Waals surface area contributed by atoms with Crippen LogP contribution >= 0.6 is 0 Å². The zero-order chi connectivity index (χ0) is 18.4. The van der Waals surface area contributed by atoms with Crippen molar-refractivity contribution in [1.29, 1.82) is 0 Å². The predicted octanol–water partition coefficient (Wildman–Crippen LogP) is 1.46. The minimum absolute atomic E-state index is 0.0823. The van der Waals surface area contributed by atoms with E-state index >= 15 is 0 Å². The first-order chi connectivity index (χ1) is 12.3. The van der Waals surface area contributed by atoms with Crippen molar-refractivity contribution in [2.45, 2.75) is 37.8 Å². The minimum Gasteiger partial charge on any atom is -0.339 e. The Morgan fingerprint density at radius 1 is 1.35 bits per heavy atom. The third kappa shape index (κ3) is 3.41. The summed E-state index contributed by atoms with van der Waals surface area (Å²) in [4.78, 5) is 6.93. The summed E-state index contributed by atoms with van der Waals surface area (Å²) in [6, 6.07) is 10.3. The molecule has 4 rings (SSSR count). The number of hydrogen-bond acceptors (Lipinski definition) is 6. The molecule has 1 aromatic heterocycles. The molecule has 1 N–H and O–H groups in total. The van der Waals surface area contributed by atoms with Crippen molar-refractivity contribution in [3.8, 4) is 0 Å². The molecule has 0 radical (unpaired) electrons. The second kappa shape index (κ2) is 6.44. The molecule has 2 aliphatic rings. The fraction of sp³-hybridized carbons (Fsp3) is 0.556. The van der Waals surface area contributed by atoms with Crippen LogP contribution in [0.15, 0.2) is 34.9 Å². The minimum atomic E-state index is -3.23. The molecular weight excluding hydrogens is 352 g/mol. The quantitative estimate of drug-likeness (QED) is 0.850. The molecule has 1 aliphatic carbocycles. The highest BCUT2D eigenvalue weighted by atomic mass is 32.2. The first kappa shape index (κ1) is 17.6. The molecule has 140 valence electrons. The van der Waals surface area contributed by atoms with Gasteiger partial charge in [0.15, 0.2) is 5.82 Å². The number of aromatic nitrogens is 2. The van der Waals surface area contributed by atoms with E-state index in [0.29, 0.717) is 24.1 Å². The van der Waals surface area contributed by atoms with Gasteiger partial charge in [0.25, 0.3) is 0 Å². The first-order valence-electron chi connectivity index (χ1n) is 8.88. The maximum atomic E-state index is 11.7. The number of nitrogens with one attached hydrogen (secondary N) is 1. The van der Waals surface area contributed by atoms with Gasteiger partial charge in [-0.2, -0.15) is 4.98 Å². The average molecular weight is 376 g/mol. The van der Waals surface area contributed by atoms with Crippen molar-refractivity contribution in [2.75, 3.05) is 19.3 Å². The van der Waals surface area contributed by atoms with Crippen molar-refractivity contribution in [1.82, 2.24) is 19.8 Å². The predicted molar refractivity (Wildman–Crippen MR) is 96.9 cm³/mol. The summed E-state index contributed by atoms with van der Waals surface area (Å²) in [6.07, 6.45) is 2.70. The monoisotopic (exact) mass is 376 g/mol. The summed E-state index contributed by atoms with van der Waals surface area (Å²) in [6.45, 7) is 4.39. The maximum Gasteiger partial charge on any atom is 0.234 e. The van der Waals surface area contributed by atoms with Crippen LogP contribution in [-0.2, 0) is 22.0 Å². The molecule has 1 aromatic carbocycles. The van der Waals surface area contributed by atoms with E-state index in [4.69, 9.17) is 4.52 Å². The molecule has 3 unspecified atom stereocenters. The largest absolute Gasteiger partial charge is 0.339 e. The zero-order valence-corrected chi connectivity index (χ0v) is 15.9. The van der Waals surface area contributed by atoms with Gasteiger partial charge in [-0.1, -0.05) is 35.5 Å². The average Bonchev–Trinajstić information content (AvgIpc) is 3.19. The Bertz CT molecular complexity index is 883. The normalized spacial score (nSPS) is 29.2. The maximum absolute atomic E-state index is 11.7. The summed E-state index contributed by atoms with van der Waals surface area (Å²) in [5, 5.41) is 3.98. The smallest absolute Gasteiger partial charge is 0.234 e. The molecule has 0 amide bonds. The van der Waals surface area contributed by atoms with Gasteiger partial charge in [0.05, 0.1) is 11.7 Å². The van der Waals surface area contributed by atoms with Crippen LogP contribution in [0.2, 0.25) is 0 Å². The SMILES string of the molecule is Cc1noc(C23CC(NS(C)(=O)=O)CC2CN(Cc2ccccc2)C3)n1. The van der Waals surface area contributed by atoms with Gasteiger partial charge in [-0.3, -0.25) is 4.90 Å². The van der Waals surface area contributed by atoms with Gasteiger partial charge in [-0.05, 0) is 31.2 Å². The summed E-state index contributed by atoms with van der Waals surface area (Å²) >= 11 is 0. The number of sulfonamides is 1. The number of rotatable bonds is 5. The van der Waals surface area contributed by atoms with Crippen molar-refractivity contribution in [3.05, 3.63) is 47.6 Å². The van der Waals surface area contributed by atoms with E-state index in [1.165, 1.54) is 11.8 Å². The molecule has 2 heterocycles. The van der Waals surface area contributed by atoms with Crippen molar-refractivity contribution < 1.29 is 12.9 Å². The Kier molecular flexibility index (Phi) is 4.37. The van der Waals surface area contributed by atoms with Crippen LogP contribution in [0, 0.1) is 12.8 Å². The number of nitrogens with zero attached hydrogens (tertiary/aromatic N) is 3. The summed E-state index contributed by atoms with van der Waals surface area (Å²) < 4.78 is 31.7. The topological polar surface area (TPSA) is 88.3 Å². The van der Waals surface area contributed by atoms with E-state index in [1.54, 1.807) is 0 Å². The molecule has 1 aliphatic heterocycles. The summed E-state index contributed by atoms with van der Waals surface area (Å²) in [5.41, 5.74) is 0.994. The molecule has 0 bridgehead atoms. The second-order valence-electron chi connectivity index (χ2n) is 7.68. The fourth-order valence-electron chi connectivity index (χ4n) is 4.66. The highest BCUT2D eigenvalue weighted by Crippen LogP contribution is 2.50. The van der Waals surface area contributed by atoms with Crippen LogP contribution in [0.5, 0.6) is 0 Å². The Morgan fingerprint density at radius 3 is 2.77 bits per heavy atom. The molecule has 1 saturated carbocycles. The van der Waals surface area contributed by atoms with Crippen molar-refractivity contribution >= 4 is 10.0 Å².